The van der Waals surface area contributed by atoms with Gasteiger partial charge in [-0.2, -0.15) is 0 Å². The van der Waals surface area contributed by atoms with Crippen molar-refractivity contribution in [3.05, 3.63) is 34.9 Å². The van der Waals surface area contributed by atoms with Crippen LogP contribution in [-0.2, 0) is 4.74 Å². The fourth-order valence-corrected chi connectivity index (χ4v) is 2.14. The van der Waals surface area contributed by atoms with E-state index in [1.54, 1.807) is 6.07 Å². The van der Waals surface area contributed by atoms with E-state index in [0.717, 1.165) is 37.5 Å². The second-order valence-corrected chi connectivity index (χ2v) is 4.00. The van der Waals surface area contributed by atoms with E-state index < -0.39 is 0 Å². The molecule has 1 aliphatic heterocycles. The van der Waals surface area contributed by atoms with Crippen LogP contribution in [0.3, 0.4) is 0 Å². The molecule has 88 valence electrons. The summed E-state index contributed by atoms with van der Waals surface area (Å²) >= 11 is 0. The first-order valence-corrected chi connectivity index (χ1v) is 5.65. The summed E-state index contributed by atoms with van der Waals surface area (Å²) in [6, 6.07) is 5.69. The molecular weight excluding hydrogens is 218 g/mol. The van der Waals surface area contributed by atoms with Crippen molar-refractivity contribution < 1.29 is 4.74 Å². The van der Waals surface area contributed by atoms with Crippen LogP contribution in [-0.4, -0.2) is 36.3 Å². The van der Waals surface area contributed by atoms with Gasteiger partial charge in [0.05, 0.1) is 30.6 Å². The van der Waals surface area contributed by atoms with E-state index in [1.165, 1.54) is 6.33 Å². The third-order valence-electron chi connectivity index (χ3n) is 3.00. The number of aromatic nitrogens is 2. The smallest absolute Gasteiger partial charge is 0.258 e. The number of fused-ring (bicyclic) bond motifs is 1. The minimum atomic E-state index is -0.0925. The average Bonchev–Trinajstić information content (AvgIpc) is 2.40. The number of benzene rings is 1. The van der Waals surface area contributed by atoms with Gasteiger partial charge < -0.3 is 14.6 Å². The quantitative estimate of drug-likeness (QED) is 0.787. The number of hydrogen-bond donors (Lipinski definition) is 1. The predicted molar refractivity (Wildman–Crippen MR) is 65.4 cm³/mol. The number of anilines is 1. The zero-order valence-electron chi connectivity index (χ0n) is 9.35. The van der Waals surface area contributed by atoms with Crippen molar-refractivity contribution in [1.82, 2.24) is 9.97 Å². The summed E-state index contributed by atoms with van der Waals surface area (Å²) < 4.78 is 5.33. The fraction of sp³-hybridized carbons (Fsp3) is 0.333. The predicted octanol–water partition coefficient (Wildman–Crippen LogP) is 0.760. The van der Waals surface area contributed by atoms with Gasteiger partial charge in [-0.1, -0.05) is 6.07 Å². The SMILES string of the molecule is O=c1[nH]cnc2c(N3CCOCC3)cccc12. The Hall–Kier alpha value is -1.88. The van der Waals surface area contributed by atoms with Gasteiger partial charge in [0, 0.05) is 13.1 Å². The van der Waals surface area contributed by atoms with Crippen LogP contribution in [0, 0.1) is 0 Å². The number of para-hydroxylation sites is 1. The van der Waals surface area contributed by atoms with Crippen molar-refractivity contribution in [2.75, 3.05) is 31.2 Å². The number of nitrogens with zero attached hydrogens (tertiary/aromatic N) is 2. The summed E-state index contributed by atoms with van der Waals surface area (Å²) in [6.45, 7) is 3.13. The molecule has 1 N–H and O–H groups in total. The van der Waals surface area contributed by atoms with E-state index in [0.29, 0.717) is 5.39 Å². The van der Waals surface area contributed by atoms with Crippen LogP contribution in [0.15, 0.2) is 29.3 Å². The van der Waals surface area contributed by atoms with Gasteiger partial charge >= 0.3 is 0 Å². The molecule has 1 aromatic carbocycles. The molecule has 2 heterocycles. The molecule has 1 aromatic heterocycles. The minimum absolute atomic E-state index is 0.0925. The molecule has 3 rings (SSSR count). The topological polar surface area (TPSA) is 58.2 Å². The standard InChI is InChI=1S/C12H13N3O2/c16-12-9-2-1-3-10(11(9)13-8-14-12)15-4-6-17-7-5-15/h1-3,8H,4-7H2,(H,13,14,16). The summed E-state index contributed by atoms with van der Waals surface area (Å²) in [5.74, 6) is 0. The third kappa shape index (κ3) is 1.78. The zero-order chi connectivity index (χ0) is 11.7. The molecule has 0 radical (unpaired) electrons. The van der Waals surface area contributed by atoms with E-state index in [4.69, 9.17) is 4.74 Å². The summed E-state index contributed by atoms with van der Waals surface area (Å²) in [5, 5.41) is 0.636. The maximum atomic E-state index is 11.7. The van der Waals surface area contributed by atoms with Crippen molar-refractivity contribution in [3.63, 3.8) is 0 Å². The lowest BCUT2D eigenvalue weighted by atomic mass is 10.2. The first kappa shape index (κ1) is 10.3. The molecule has 0 atom stereocenters. The first-order chi connectivity index (χ1) is 8.36. The maximum absolute atomic E-state index is 11.7. The number of rotatable bonds is 1. The van der Waals surface area contributed by atoms with Crippen LogP contribution in [0.25, 0.3) is 10.9 Å². The molecule has 0 aliphatic carbocycles. The summed E-state index contributed by atoms with van der Waals surface area (Å²) in [7, 11) is 0. The number of morpholine rings is 1. The van der Waals surface area contributed by atoms with Gasteiger partial charge in [-0.3, -0.25) is 4.79 Å². The molecule has 1 saturated heterocycles. The lowest BCUT2D eigenvalue weighted by Crippen LogP contribution is -2.36. The van der Waals surface area contributed by atoms with Crippen molar-refractivity contribution in [2.24, 2.45) is 0 Å². The van der Waals surface area contributed by atoms with E-state index in [1.807, 2.05) is 12.1 Å². The molecule has 5 heteroatoms. The summed E-state index contributed by atoms with van der Waals surface area (Å²) in [4.78, 5) is 20.8. The van der Waals surface area contributed by atoms with E-state index in [-0.39, 0.29) is 5.56 Å². The fourth-order valence-electron chi connectivity index (χ4n) is 2.14. The van der Waals surface area contributed by atoms with Crippen LogP contribution < -0.4 is 10.5 Å². The lowest BCUT2D eigenvalue weighted by molar-refractivity contribution is 0.123. The Morgan fingerprint density at radius 3 is 2.94 bits per heavy atom. The molecule has 17 heavy (non-hydrogen) atoms. The van der Waals surface area contributed by atoms with Gasteiger partial charge in [0.1, 0.15) is 5.52 Å². The molecule has 1 aliphatic rings. The van der Waals surface area contributed by atoms with Crippen molar-refractivity contribution in [1.29, 1.82) is 0 Å². The monoisotopic (exact) mass is 231 g/mol. The lowest BCUT2D eigenvalue weighted by Gasteiger charge is -2.29. The maximum Gasteiger partial charge on any atom is 0.258 e. The Balaban J connectivity index is 2.15. The Bertz CT molecular complexity index is 588. The number of ether oxygens (including phenoxy) is 1. The largest absolute Gasteiger partial charge is 0.378 e. The van der Waals surface area contributed by atoms with Gasteiger partial charge in [-0.15, -0.1) is 0 Å². The van der Waals surface area contributed by atoms with Crippen molar-refractivity contribution >= 4 is 16.6 Å². The van der Waals surface area contributed by atoms with E-state index in [9.17, 15) is 4.79 Å². The van der Waals surface area contributed by atoms with Crippen molar-refractivity contribution in [2.45, 2.75) is 0 Å². The number of nitrogens with one attached hydrogen (secondary N) is 1. The van der Waals surface area contributed by atoms with Crippen LogP contribution in [0.1, 0.15) is 0 Å². The second-order valence-electron chi connectivity index (χ2n) is 4.00. The van der Waals surface area contributed by atoms with Gasteiger partial charge in [-0.25, -0.2) is 4.98 Å². The average molecular weight is 231 g/mol. The highest BCUT2D eigenvalue weighted by Crippen LogP contribution is 2.23. The second kappa shape index (κ2) is 4.18. The highest BCUT2D eigenvalue weighted by atomic mass is 16.5. The van der Waals surface area contributed by atoms with Gasteiger partial charge in [-0.05, 0) is 12.1 Å². The molecule has 0 amide bonds. The van der Waals surface area contributed by atoms with Crippen LogP contribution in [0.2, 0.25) is 0 Å². The molecule has 0 saturated carbocycles. The molecule has 1 fully saturated rings. The normalized spacial score (nSPS) is 16.4. The molecule has 0 bridgehead atoms. The Labute approximate surface area is 98.0 Å². The van der Waals surface area contributed by atoms with Gasteiger partial charge in [0.25, 0.3) is 5.56 Å². The minimum Gasteiger partial charge on any atom is -0.378 e. The summed E-state index contributed by atoms with van der Waals surface area (Å²) in [5.41, 5.74) is 1.68. The molecule has 5 nitrogen and oxygen atoms in total. The summed E-state index contributed by atoms with van der Waals surface area (Å²) in [6.07, 6.45) is 1.45. The Morgan fingerprint density at radius 1 is 1.29 bits per heavy atom. The van der Waals surface area contributed by atoms with Crippen LogP contribution in [0.4, 0.5) is 5.69 Å². The Morgan fingerprint density at radius 2 is 2.12 bits per heavy atom. The zero-order valence-corrected chi connectivity index (χ0v) is 9.35. The van der Waals surface area contributed by atoms with E-state index >= 15 is 0 Å². The number of H-pyrrole nitrogens is 1. The van der Waals surface area contributed by atoms with E-state index in [2.05, 4.69) is 14.9 Å². The number of hydrogen-bond acceptors (Lipinski definition) is 4. The van der Waals surface area contributed by atoms with Crippen LogP contribution in [0.5, 0.6) is 0 Å². The first-order valence-electron chi connectivity index (χ1n) is 5.65. The Kier molecular flexibility index (Phi) is 2.53. The molecule has 0 spiro atoms. The molecular formula is C12H13N3O2. The highest BCUT2D eigenvalue weighted by molar-refractivity contribution is 5.90. The third-order valence-corrected chi connectivity index (χ3v) is 3.00. The van der Waals surface area contributed by atoms with Gasteiger partial charge in [0.2, 0.25) is 0 Å². The van der Waals surface area contributed by atoms with Gasteiger partial charge in [0.15, 0.2) is 0 Å². The highest BCUT2D eigenvalue weighted by Gasteiger charge is 2.14. The van der Waals surface area contributed by atoms with Crippen molar-refractivity contribution in [3.8, 4) is 0 Å². The molecule has 2 aromatic rings. The number of aromatic amines is 1. The molecule has 0 unspecified atom stereocenters. The van der Waals surface area contributed by atoms with Crippen LogP contribution >= 0.6 is 0 Å².